The quantitative estimate of drug-likeness (QED) is 0.849. The highest BCUT2D eigenvalue weighted by Crippen LogP contribution is 2.21. The number of anilines is 1. The third-order valence-electron chi connectivity index (χ3n) is 3.00. The first-order valence-electron chi connectivity index (χ1n) is 6.27. The number of amidine groups is 1. The van der Waals surface area contributed by atoms with Crippen LogP contribution in [0.1, 0.15) is 0 Å². The third kappa shape index (κ3) is 3.27. The number of benzene rings is 1. The summed E-state index contributed by atoms with van der Waals surface area (Å²) in [4.78, 5) is 19.1. The van der Waals surface area contributed by atoms with E-state index in [4.69, 9.17) is 21.8 Å². The van der Waals surface area contributed by atoms with Crippen molar-refractivity contribution >= 4 is 29.2 Å². The second-order valence-electron chi connectivity index (χ2n) is 4.31. The van der Waals surface area contributed by atoms with Gasteiger partial charge in [0.25, 0.3) is 0 Å². The molecule has 2 rings (SSSR count). The Morgan fingerprint density at radius 2 is 1.80 bits per heavy atom. The van der Waals surface area contributed by atoms with Gasteiger partial charge in [0.2, 0.25) is 0 Å². The van der Waals surface area contributed by atoms with Crippen LogP contribution in [0.2, 0.25) is 5.02 Å². The van der Waals surface area contributed by atoms with Crippen molar-refractivity contribution in [3.63, 3.8) is 0 Å². The first-order valence-corrected chi connectivity index (χ1v) is 6.65. The molecule has 1 aromatic rings. The van der Waals surface area contributed by atoms with Crippen LogP contribution < -0.4 is 4.90 Å². The van der Waals surface area contributed by atoms with Crippen LogP contribution in [0.3, 0.4) is 0 Å². The van der Waals surface area contributed by atoms with Crippen molar-refractivity contribution in [2.75, 3.05) is 37.7 Å². The van der Waals surface area contributed by atoms with E-state index in [2.05, 4.69) is 4.99 Å². The van der Waals surface area contributed by atoms with Crippen molar-refractivity contribution < 1.29 is 15.0 Å². The standard InChI is InChI=1S/C13H16ClN3O3/c14-10-1-3-11(4-2-10)17-9-12(15-13(17)20)16(5-7-18)6-8-19/h1-4,18-19H,5-9H2. The van der Waals surface area contributed by atoms with Crippen LogP contribution in [-0.4, -0.2) is 59.8 Å². The van der Waals surface area contributed by atoms with Crippen molar-refractivity contribution in [2.45, 2.75) is 0 Å². The highest BCUT2D eigenvalue weighted by Gasteiger charge is 2.27. The maximum Gasteiger partial charge on any atom is 0.350 e. The molecule has 2 amide bonds. The topological polar surface area (TPSA) is 76.4 Å². The summed E-state index contributed by atoms with van der Waals surface area (Å²) in [5, 5.41) is 18.6. The van der Waals surface area contributed by atoms with Crippen LogP contribution in [0.5, 0.6) is 0 Å². The van der Waals surface area contributed by atoms with Gasteiger partial charge in [-0.05, 0) is 24.3 Å². The van der Waals surface area contributed by atoms with Gasteiger partial charge in [-0.15, -0.1) is 0 Å². The maximum absolute atomic E-state index is 11.9. The molecular weight excluding hydrogens is 282 g/mol. The van der Waals surface area contributed by atoms with Gasteiger partial charge in [0.1, 0.15) is 5.84 Å². The summed E-state index contributed by atoms with van der Waals surface area (Å²) in [6.45, 7) is 0.866. The molecule has 0 atom stereocenters. The van der Waals surface area contributed by atoms with Gasteiger partial charge in [-0.2, -0.15) is 4.99 Å². The number of aliphatic hydroxyl groups is 2. The number of urea groups is 1. The number of amides is 2. The molecule has 7 heteroatoms. The van der Waals surface area contributed by atoms with Crippen LogP contribution >= 0.6 is 11.6 Å². The summed E-state index contributed by atoms with van der Waals surface area (Å²) >= 11 is 5.82. The SMILES string of the molecule is O=C1N=C(N(CCO)CCO)CN1c1ccc(Cl)cc1. The summed E-state index contributed by atoms with van der Waals surface area (Å²) in [6.07, 6.45) is 0. The van der Waals surface area contributed by atoms with Crippen molar-refractivity contribution in [2.24, 2.45) is 4.99 Å². The normalized spacial score (nSPS) is 14.7. The minimum atomic E-state index is -0.358. The van der Waals surface area contributed by atoms with E-state index in [1.807, 2.05) is 0 Å². The molecule has 0 bridgehead atoms. The monoisotopic (exact) mass is 297 g/mol. The summed E-state index contributed by atoms with van der Waals surface area (Å²) < 4.78 is 0. The fraction of sp³-hybridized carbons (Fsp3) is 0.385. The first kappa shape index (κ1) is 14.8. The lowest BCUT2D eigenvalue weighted by molar-refractivity contribution is 0.211. The van der Waals surface area contributed by atoms with Gasteiger partial charge in [0.15, 0.2) is 0 Å². The van der Waals surface area contributed by atoms with E-state index < -0.39 is 0 Å². The zero-order valence-corrected chi connectivity index (χ0v) is 11.6. The van der Waals surface area contributed by atoms with Gasteiger partial charge >= 0.3 is 6.03 Å². The lowest BCUT2D eigenvalue weighted by Gasteiger charge is -2.23. The van der Waals surface area contributed by atoms with Gasteiger partial charge in [0.05, 0.1) is 19.8 Å². The molecule has 1 aliphatic rings. The lowest BCUT2D eigenvalue weighted by Crippen LogP contribution is -2.39. The summed E-state index contributed by atoms with van der Waals surface area (Å²) in [7, 11) is 0. The summed E-state index contributed by atoms with van der Waals surface area (Å²) in [6, 6.07) is 6.56. The minimum Gasteiger partial charge on any atom is -0.395 e. The Hall–Kier alpha value is -1.63. The van der Waals surface area contributed by atoms with E-state index in [1.165, 1.54) is 4.90 Å². The average Bonchev–Trinajstić information content (AvgIpc) is 2.81. The molecule has 0 aromatic heterocycles. The molecule has 1 aliphatic heterocycles. The molecule has 0 radical (unpaired) electrons. The molecule has 0 saturated carbocycles. The van der Waals surface area contributed by atoms with E-state index in [0.29, 0.717) is 36.2 Å². The zero-order chi connectivity index (χ0) is 14.5. The molecule has 20 heavy (non-hydrogen) atoms. The molecule has 0 saturated heterocycles. The molecule has 108 valence electrons. The van der Waals surface area contributed by atoms with Crippen LogP contribution in [0.15, 0.2) is 29.3 Å². The molecule has 6 nitrogen and oxygen atoms in total. The van der Waals surface area contributed by atoms with Crippen molar-refractivity contribution in [3.8, 4) is 0 Å². The molecular formula is C13H16ClN3O3. The van der Waals surface area contributed by atoms with Crippen LogP contribution in [0.4, 0.5) is 10.5 Å². The lowest BCUT2D eigenvalue weighted by atomic mass is 10.3. The van der Waals surface area contributed by atoms with E-state index in [1.54, 1.807) is 29.2 Å². The second kappa shape index (κ2) is 6.69. The summed E-state index contributed by atoms with van der Waals surface area (Å²) in [5.74, 6) is 0.549. The van der Waals surface area contributed by atoms with Crippen molar-refractivity contribution in [3.05, 3.63) is 29.3 Å². The van der Waals surface area contributed by atoms with E-state index >= 15 is 0 Å². The number of aliphatic hydroxyl groups excluding tert-OH is 2. The van der Waals surface area contributed by atoms with Gasteiger partial charge in [-0.25, -0.2) is 4.79 Å². The van der Waals surface area contributed by atoms with Crippen LogP contribution in [0, 0.1) is 0 Å². The Bertz CT molecular complexity index is 498. The summed E-state index contributed by atoms with van der Waals surface area (Å²) in [5.41, 5.74) is 0.714. The molecule has 2 N–H and O–H groups in total. The molecule has 0 aliphatic carbocycles. The van der Waals surface area contributed by atoms with Crippen LogP contribution in [0.25, 0.3) is 0 Å². The van der Waals surface area contributed by atoms with Gasteiger partial charge < -0.3 is 15.1 Å². The largest absolute Gasteiger partial charge is 0.395 e. The highest BCUT2D eigenvalue weighted by atomic mass is 35.5. The van der Waals surface area contributed by atoms with Gasteiger partial charge in [0, 0.05) is 23.8 Å². The number of halogens is 1. The van der Waals surface area contributed by atoms with Crippen molar-refractivity contribution in [1.82, 2.24) is 4.90 Å². The number of hydrogen-bond acceptors (Lipinski definition) is 4. The number of nitrogens with zero attached hydrogens (tertiary/aromatic N) is 3. The van der Waals surface area contributed by atoms with E-state index in [-0.39, 0.29) is 19.2 Å². The fourth-order valence-electron chi connectivity index (χ4n) is 2.02. The number of rotatable bonds is 5. The van der Waals surface area contributed by atoms with Crippen LogP contribution in [-0.2, 0) is 0 Å². The Balaban J connectivity index is 2.11. The third-order valence-corrected chi connectivity index (χ3v) is 3.25. The van der Waals surface area contributed by atoms with Gasteiger partial charge in [-0.3, -0.25) is 4.90 Å². The predicted molar refractivity (Wildman–Crippen MR) is 77.4 cm³/mol. The Morgan fingerprint density at radius 1 is 1.20 bits per heavy atom. The van der Waals surface area contributed by atoms with Gasteiger partial charge in [-0.1, -0.05) is 11.6 Å². The predicted octanol–water partition coefficient (Wildman–Crippen LogP) is 0.965. The highest BCUT2D eigenvalue weighted by molar-refractivity contribution is 6.30. The Morgan fingerprint density at radius 3 is 2.35 bits per heavy atom. The average molecular weight is 298 g/mol. The minimum absolute atomic E-state index is 0.0614. The van der Waals surface area contributed by atoms with Crippen molar-refractivity contribution in [1.29, 1.82) is 0 Å². The molecule has 0 fully saturated rings. The Kier molecular flexibility index (Phi) is 4.94. The number of hydrogen-bond donors (Lipinski definition) is 2. The molecule has 0 spiro atoms. The number of carbonyl (C=O) groups excluding carboxylic acids is 1. The number of carbonyl (C=O) groups is 1. The maximum atomic E-state index is 11.9. The number of aliphatic imine (C=N–C) groups is 1. The molecule has 0 unspecified atom stereocenters. The second-order valence-corrected chi connectivity index (χ2v) is 4.74. The van der Waals surface area contributed by atoms with E-state index in [0.717, 1.165) is 0 Å². The fourth-order valence-corrected chi connectivity index (χ4v) is 2.15. The molecule has 1 aromatic carbocycles. The van der Waals surface area contributed by atoms with E-state index in [9.17, 15) is 4.79 Å². The smallest absolute Gasteiger partial charge is 0.350 e. The molecule has 1 heterocycles. The first-order chi connectivity index (χ1) is 9.65. The Labute approximate surface area is 121 Å². The zero-order valence-electron chi connectivity index (χ0n) is 10.9.